The molecule has 0 bridgehead atoms. The van der Waals surface area contributed by atoms with Crippen LogP contribution >= 0.6 is 0 Å². The number of carbonyl (C=O) groups is 1. The lowest BCUT2D eigenvalue weighted by Gasteiger charge is -2.24. The molecule has 1 aliphatic carbocycles. The number of amides is 1. The van der Waals surface area contributed by atoms with Crippen molar-refractivity contribution >= 4 is 5.91 Å². The lowest BCUT2D eigenvalue weighted by molar-refractivity contribution is 0.0696. The Labute approximate surface area is 101 Å². The number of nitrogens with one attached hydrogen (secondary N) is 1. The summed E-state index contributed by atoms with van der Waals surface area (Å²) in [4.78, 5) is 14.3. The molecule has 1 aromatic rings. The van der Waals surface area contributed by atoms with Crippen LogP contribution in [0.25, 0.3) is 0 Å². The van der Waals surface area contributed by atoms with Crippen molar-refractivity contribution in [3.05, 3.63) is 24.2 Å². The van der Waals surface area contributed by atoms with Gasteiger partial charge in [-0.05, 0) is 44.4 Å². The Morgan fingerprint density at radius 1 is 1.47 bits per heavy atom. The Hall–Kier alpha value is -1.29. The summed E-state index contributed by atoms with van der Waals surface area (Å²) in [7, 11) is 0. The molecule has 0 radical (unpaired) electrons. The van der Waals surface area contributed by atoms with E-state index in [0.29, 0.717) is 17.8 Å². The SMILES string of the molecule is O=C(c1ccco1)N(CC1CCCN1)C1CC1. The van der Waals surface area contributed by atoms with Crippen molar-refractivity contribution < 1.29 is 9.21 Å². The second-order valence-corrected chi connectivity index (χ2v) is 4.96. The first kappa shape index (κ1) is 10.8. The van der Waals surface area contributed by atoms with Crippen LogP contribution in [0.2, 0.25) is 0 Å². The Morgan fingerprint density at radius 2 is 2.35 bits per heavy atom. The topological polar surface area (TPSA) is 45.5 Å². The molecule has 0 spiro atoms. The molecule has 4 heteroatoms. The molecule has 92 valence electrons. The summed E-state index contributed by atoms with van der Waals surface area (Å²) < 4.78 is 5.21. The van der Waals surface area contributed by atoms with Gasteiger partial charge in [-0.25, -0.2) is 0 Å². The first-order valence-corrected chi connectivity index (χ1v) is 6.42. The predicted octanol–water partition coefficient (Wildman–Crippen LogP) is 1.64. The van der Waals surface area contributed by atoms with E-state index >= 15 is 0 Å². The lowest BCUT2D eigenvalue weighted by atomic mass is 10.2. The zero-order valence-electron chi connectivity index (χ0n) is 9.89. The molecule has 1 saturated heterocycles. The molecule has 17 heavy (non-hydrogen) atoms. The summed E-state index contributed by atoms with van der Waals surface area (Å²) in [6.45, 7) is 1.91. The maximum Gasteiger partial charge on any atom is 0.289 e. The van der Waals surface area contributed by atoms with Crippen LogP contribution in [0.3, 0.4) is 0 Å². The molecular formula is C13H18N2O2. The van der Waals surface area contributed by atoms with Crippen LogP contribution < -0.4 is 5.32 Å². The average Bonchev–Trinajstić information content (AvgIpc) is 2.86. The monoisotopic (exact) mass is 234 g/mol. The molecule has 1 unspecified atom stereocenters. The molecule has 1 amide bonds. The van der Waals surface area contributed by atoms with Crippen molar-refractivity contribution in [2.24, 2.45) is 0 Å². The van der Waals surface area contributed by atoms with Crippen LogP contribution in [0.4, 0.5) is 0 Å². The van der Waals surface area contributed by atoms with Gasteiger partial charge in [0, 0.05) is 18.6 Å². The van der Waals surface area contributed by atoms with Crippen molar-refractivity contribution in [3.8, 4) is 0 Å². The van der Waals surface area contributed by atoms with E-state index in [-0.39, 0.29) is 5.91 Å². The summed E-state index contributed by atoms with van der Waals surface area (Å²) in [6, 6.07) is 4.43. The first-order chi connectivity index (χ1) is 8.34. The van der Waals surface area contributed by atoms with E-state index in [9.17, 15) is 4.79 Å². The van der Waals surface area contributed by atoms with Gasteiger partial charge < -0.3 is 14.6 Å². The van der Waals surface area contributed by atoms with E-state index in [1.54, 1.807) is 18.4 Å². The molecule has 1 atom stereocenters. The minimum absolute atomic E-state index is 0.0474. The zero-order chi connectivity index (χ0) is 11.7. The third-order valence-corrected chi connectivity index (χ3v) is 3.56. The number of rotatable bonds is 4. The molecule has 2 heterocycles. The second-order valence-electron chi connectivity index (χ2n) is 4.96. The third-order valence-electron chi connectivity index (χ3n) is 3.56. The highest BCUT2D eigenvalue weighted by Crippen LogP contribution is 2.29. The van der Waals surface area contributed by atoms with E-state index in [0.717, 1.165) is 25.9 Å². The zero-order valence-corrected chi connectivity index (χ0v) is 9.89. The Kier molecular flexibility index (Phi) is 2.89. The molecule has 2 fully saturated rings. The normalized spacial score (nSPS) is 23.9. The third kappa shape index (κ3) is 2.36. The van der Waals surface area contributed by atoms with Gasteiger partial charge in [-0.15, -0.1) is 0 Å². The van der Waals surface area contributed by atoms with Crippen LogP contribution in [0.1, 0.15) is 36.2 Å². The minimum Gasteiger partial charge on any atom is -0.459 e. The lowest BCUT2D eigenvalue weighted by Crippen LogP contribution is -2.42. The van der Waals surface area contributed by atoms with Gasteiger partial charge in [0.25, 0.3) is 5.91 Å². The molecule has 1 aliphatic heterocycles. The fourth-order valence-corrected chi connectivity index (χ4v) is 2.48. The van der Waals surface area contributed by atoms with Gasteiger partial charge in [-0.3, -0.25) is 4.79 Å². The van der Waals surface area contributed by atoms with Gasteiger partial charge in [-0.1, -0.05) is 0 Å². The quantitative estimate of drug-likeness (QED) is 0.861. The summed E-state index contributed by atoms with van der Waals surface area (Å²) >= 11 is 0. The summed E-state index contributed by atoms with van der Waals surface area (Å²) in [6.07, 6.45) is 6.23. The van der Waals surface area contributed by atoms with Gasteiger partial charge in [0.1, 0.15) is 0 Å². The number of furan rings is 1. The average molecular weight is 234 g/mol. The Bertz CT molecular complexity index is 378. The molecule has 1 saturated carbocycles. The Balaban J connectivity index is 1.69. The van der Waals surface area contributed by atoms with Crippen LogP contribution in [0.5, 0.6) is 0 Å². The van der Waals surface area contributed by atoms with Gasteiger partial charge in [0.2, 0.25) is 0 Å². The Morgan fingerprint density at radius 3 is 2.94 bits per heavy atom. The van der Waals surface area contributed by atoms with Crippen molar-refractivity contribution in [2.75, 3.05) is 13.1 Å². The minimum atomic E-state index is 0.0474. The molecule has 2 aliphatic rings. The number of carbonyl (C=O) groups excluding carboxylic acids is 1. The highest BCUT2D eigenvalue weighted by Gasteiger charge is 2.35. The molecule has 1 aromatic heterocycles. The van der Waals surface area contributed by atoms with Gasteiger partial charge in [-0.2, -0.15) is 0 Å². The summed E-state index contributed by atoms with van der Waals surface area (Å²) in [5, 5.41) is 3.45. The molecular weight excluding hydrogens is 216 g/mol. The smallest absolute Gasteiger partial charge is 0.289 e. The molecule has 1 N–H and O–H groups in total. The fraction of sp³-hybridized carbons (Fsp3) is 0.615. The number of hydrogen-bond donors (Lipinski definition) is 1. The van der Waals surface area contributed by atoms with Crippen molar-refractivity contribution in [1.82, 2.24) is 10.2 Å². The van der Waals surface area contributed by atoms with Crippen LogP contribution in [-0.2, 0) is 0 Å². The van der Waals surface area contributed by atoms with Crippen molar-refractivity contribution in [3.63, 3.8) is 0 Å². The van der Waals surface area contributed by atoms with Crippen LogP contribution in [-0.4, -0.2) is 36.0 Å². The van der Waals surface area contributed by atoms with Gasteiger partial charge in [0.05, 0.1) is 6.26 Å². The maximum atomic E-state index is 12.3. The summed E-state index contributed by atoms with van der Waals surface area (Å²) in [5.74, 6) is 0.515. The second kappa shape index (κ2) is 4.53. The number of hydrogen-bond acceptors (Lipinski definition) is 3. The van der Waals surface area contributed by atoms with Gasteiger partial charge in [0.15, 0.2) is 5.76 Å². The van der Waals surface area contributed by atoms with Crippen LogP contribution in [0.15, 0.2) is 22.8 Å². The maximum absolute atomic E-state index is 12.3. The highest BCUT2D eigenvalue weighted by molar-refractivity contribution is 5.91. The van der Waals surface area contributed by atoms with E-state index in [2.05, 4.69) is 5.32 Å². The molecule has 0 aromatic carbocycles. The van der Waals surface area contributed by atoms with E-state index in [1.165, 1.54) is 12.8 Å². The van der Waals surface area contributed by atoms with Crippen LogP contribution in [0, 0.1) is 0 Å². The highest BCUT2D eigenvalue weighted by atomic mass is 16.3. The summed E-state index contributed by atoms with van der Waals surface area (Å²) in [5.41, 5.74) is 0. The predicted molar refractivity (Wildman–Crippen MR) is 63.8 cm³/mol. The van der Waals surface area contributed by atoms with E-state index < -0.39 is 0 Å². The number of nitrogens with zero attached hydrogens (tertiary/aromatic N) is 1. The largest absolute Gasteiger partial charge is 0.459 e. The van der Waals surface area contributed by atoms with Crippen molar-refractivity contribution in [2.45, 2.75) is 37.8 Å². The van der Waals surface area contributed by atoms with Gasteiger partial charge >= 0.3 is 0 Å². The molecule has 4 nitrogen and oxygen atoms in total. The fourth-order valence-electron chi connectivity index (χ4n) is 2.48. The van der Waals surface area contributed by atoms with Crippen molar-refractivity contribution in [1.29, 1.82) is 0 Å². The standard InChI is InChI=1S/C13H18N2O2/c16-13(12-4-2-8-17-12)15(11-5-6-11)9-10-3-1-7-14-10/h2,4,8,10-11,14H,1,3,5-7,9H2. The van der Waals surface area contributed by atoms with E-state index in [1.807, 2.05) is 4.90 Å². The molecule has 3 rings (SSSR count). The first-order valence-electron chi connectivity index (χ1n) is 6.42. The van der Waals surface area contributed by atoms with E-state index in [4.69, 9.17) is 4.42 Å².